The van der Waals surface area contributed by atoms with Crippen LogP contribution >= 0.6 is 0 Å². The molecule has 0 aliphatic carbocycles. The smallest absolute Gasteiger partial charge is 0.128 e. The third-order valence-electron chi connectivity index (χ3n) is 4.89. The summed E-state index contributed by atoms with van der Waals surface area (Å²) in [7, 11) is 0. The van der Waals surface area contributed by atoms with Crippen LogP contribution in [0.4, 0.5) is 4.39 Å². The second kappa shape index (κ2) is 6.68. The Morgan fingerprint density at radius 2 is 1.80 bits per heavy atom. The SMILES string of the molecule is CCC(N)(c1ccccc1F)C(C)N1CCCCCC1. The molecule has 0 saturated carbocycles. The average Bonchev–Trinajstić information content (AvgIpc) is 2.75. The van der Waals surface area contributed by atoms with E-state index in [1.807, 2.05) is 12.1 Å². The number of nitrogens with zero attached hydrogens (tertiary/aromatic N) is 1. The Hall–Kier alpha value is -0.930. The molecule has 2 nitrogen and oxygen atoms in total. The molecule has 1 aromatic carbocycles. The van der Waals surface area contributed by atoms with Crippen molar-refractivity contribution >= 4 is 0 Å². The maximum absolute atomic E-state index is 14.2. The maximum Gasteiger partial charge on any atom is 0.128 e. The Balaban J connectivity index is 2.27. The monoisotopic (exact) mass is 278 g/mol. The summed E-state index contributed by atoms with van der Waals surface area (Å²) in [6, 6.07) is 7.12. The van der Waals surface area contributed by atoms with Gasteiger partial charge in [0, 0.05) is 11.6 Å². The highest BCUT2D eigenvalue weighted by atomic mass is 19.1. The molecule has 20 heavy (non-hydrogen) atoms. The zero-order valence-corrected chi connectivity index (χ0v) is 12.7. The van der Waals surface area contributed by atoms with Gasteiger partial charge in [-0.25, -0.2) is 4.39 Å². The minimum Gasteiger partial charge on any atom is -0.320 e. The zero-order valence-electron chi connectivity index (χ0n) is 12.7. The molecular formula is C17H27FN2. The maximum atomic E-state index is 14.2. The molecule has 0 bridgehead atoms. The van der Waals surface area contributed by atoms with Crippen LogP contribution in [0.2, 0.25) is 0 Å². The summed E-state index contributed by atoms with van der Waals surface area (Å²) in [5.41, 5.74) is 6.70. The number of likely N-dealkylation sites (tertiary alicyclic amines) is 1. The standard InChI is InChI=1S/C17H27FN2/c1-3-17(19,15-10-6-7-11-16(15)18)14(2)20-12-8-4-5-9-13-20/h6-7,10-11,14H,3-5,8-9,12-13,19H2,1-2H3. The van der Waals surface area contributed by atoms with Gasteiger partial charge in [0.25, 0.3) is 0 Å². The Morgan fingerprint density at radius 3 is 2.35 bits per heavy atom. The summed E-state index contributed by atoms with van der Waals surface area (Å²) in [6.07, 6.45) is 5.79. The van der Waals surface area contributed by atoms with Crippen molar-refractivity contribution in [2.24, 2.45) is 5.73 Å². The van der Waals surface area contributed by atoms with Crippen LogP contribution in [-0.2, 0) is 5.54 Å². The van der Waals surface area contributed by atoms with Crippen LogP contribution in [0.15, 0.2) is 24.3 Å². The largest absolute Gasteiger partial charge is 0.320 e. The molecule has 1 aromatic rings. The van der Waals surface area contributed by atoms with Gasteiger partial charge in [0.2, 0.25) is 0 Å². The molecule has 0 aromatic heterocycles. The van der Waals surface area contributed by atoms with Crippen LogP contribution in [0.5, 0.6) is 0 Å². The van der Waals surface area contributed by atoms with E-state index >= 15 is 0 Å². The molecule has 1 heterocycles. The molecular weight excluding hydrogens is 251 g/mol. The fourth-order valence-corrected chi connectivity index (χ4v) is 3.36. The Bertz CT molecular complexity index is 427. The first-order valence-corrected chi connectivity index (χ1v) is 7.87. The second-order valence-corrected chi connectivity index (χ2v) is 6.00. The number of rotatable bonds is 4. The van der Waals surface area contributed by atoms with Crippen molar-refractivity contribution in [2.75, 3.05) is 13.1 Å². The number of benzene rings is 1. The third kappa shape index (κ3) is 3.04. The van der Waals surface area contributed by atoms with Gasteiger partial charge < -0.3 is 5.73 Å². The van der Waals surface area contributed by atoms with Gasteiger partial charge in [-0.2, -0.15) is 0 Å². The number of hydrogen-bond acceptors (Lipinski definition) is 2. The number of nitrogens with two attached hydrogens (primary N) is 1. The Labute approximate surface area is 122 Å². The predicted molar refractivity (Wildman–Crippen MR) is 82.1 cm³/mol. The molecule has 0 amide bonds. The van der Waals surface area contributed by atoms with Gasteiger partial charge >= 0.3 is 0 Å². The first-order chi connectivity index (χ1) is 9.59. The highest BCUT2D eigenvalue weighted by Gasteiger charge is 2.37. The van der Waals surface area contributed by atoms with Crippen molar-refractivity contribution in [3.8, 4) is 0 Å². The topological polar surface area (TPSA) is 29.3 Å². The van der Waals surface area contributed by atoms with Gasteiger partial charge in [-0.3, -0.25) is 4.90 Å². The molecule has 2 atom stereocenters. The lowest BCUT2D eigenvalue weighted by atomic mass is 9.81. The summed E-state index contributed by atoms with van der Waals surface area (Å²) >= 11 is 0. The normalized spacial score (nSPS) is 22.0. The van der Waals surface area contributed by atoms with Crippen molar-refractivity contribution in [2.45, 2.75) is 57.5 Å². The van der Waals surface area contributed by atoms with Crippen LogP contribution in [0.25, 0.3) is 0 Å². The molecule has 2 unspecified atom stereocenters. The number of hydrogen-bond donors (Lipinski definition) is 1. The molecule has 1 aliphatic rings. The molecule has 2 N–H and O–H groups in total. The summed E-state index contributed by atoms with van der Waals surface area (Å²) in [5.74, 6) is -0.182. The summed E-state index contributed by atoms with van der Waals surface area (Å²) in [4.78, 5) is 2.45. The van der Waals surface area contributed by atoms with Crippen LogP contribution in [-0.4, -0.2) is 24.0 Å². The summed E-state index contributed by atoms with van der Waals surface area (Å²) < 4.78 is 14.2. The lowest BCUT2D eigenvalue weighted by molar-refractivity contribution is 0.129. The minimum atomic E-state index is -0.615. The molecule has 0 spiro atoms. The van der Waals surface area contributed by atoms with Crippen LogP contribution in [0.1, 0.15) is 51.5 Å². The third-order valence-corrected chi connectivity index (χ3v) is 4.89. The lowest BCUT2D eigenvalue weighted by Crippen LogP contribution is -2.55. The van der Waals surface area contributed by atoms with Gasteiger partial charge in [-0.15, -0.1) is 0 Å². The van der Waals surface area contributed by atoms with E-state index in [1.54, 1.807) is 6.07 Å². The molecule has 1 saturated heterocycles. The van der Waals surface area contributed by atoms with E-state index in [-0.39, 0.29) is 11.9 Å². The summed E-state index contributed by atoms with van der Waals surface area (Å²) in [5, 5.41) is 0. The second-order valence-electron chi connectivity index (χ2n) is 6.00. The molecule has 1 fully saturated rings. The van der Waals surface area contributed by atoms with Gasteiger partial charge in [0.15, 0.2) is 0 Å². The highest BCUT2D eigenvalue weighted by molar-refractivity contribution is 5.27. The highest BCUT2D eigenvalue weighted by Crippen LogP contribution is 2.32. The van der Waals surface area contributed by atoms with E-state index in [0.717, 1.165) is 19.5 Å². The fourth-order valence-electron chi connectivity index (χ4n) is 3.36. The van der Waals surface area contributed by atoms with Crippen molar-refractivity contribution in [3.63, 3.8) is 0 Å². The van der Waals surface area contributed by atoms with Gasteiger partial charge in [-0.1, -0.05) is 38.0 Å². The van der Waals surface area contributed by atoms with Crippen LogP contribution < -0.4 is 5.73 Å². The Kier molecular flexibility index (Phi) is 5.17. The average molecular weight is 278 g/mol. The van der Waals surface area contributed by atoms with Crippen molar-refractivity contribution < 1.29 is 4.39 Å². The van der Waals surface area contributed by atoms with Gasteiger partial charge in [0.1, 0.15) is 5.82 Å². The molecule has 2 rings (SSSR count). The van der Waals surface area contributed by atoms with E-state index in [9.17, 15) is 4.39 Å². The zero-order chi connectivity index (χ0) is 14.6. The van der Waals surface area contributed by atoms with Crippen molar-refractivity contribution in [1.82, 2.24) is 4.90 Å². The molecule has 112 valence electrons. The van der Waals surface area contributed by atoms with Gasteiger partial charge in [0.05, 0.1) is 5.54 Å². The molecule has 1 aliphatic heterocycles. The van der Waals surface area contributed by atoms with Crippen molar-refractivity contribution in [1.29, 1.82) is 0 Å². The van der Waals surface area contributed by atoms with Crippen LogP contribution in [0.3, 0.4) is 0 Å². The van der Waals surface area contributed by atoms with Crippen molar-refractivity contribution in [3.05, 3.63) is 35.6 Å². The summed E-state index contributed by atoms with van der Waals surface area (Å²) in [6.45, 7) is 6.37. The number of halogens is 1. The van der Waals surface area contributed by atoms with Crippen LogP contribution in [0, 0.1) is 5.82 Å². The van der Waals surface area contributed by atoms with E-state index < -0.39 is 5.54 Å². The predicted octanol–water partition coefficient (Wildman–Crippen LogP) is 3.65. The fraction of sp³-hybridized carbons (Fsp3) is 0.647. The van der Waals surface area contributed by atoms with E-state index in [0.29, 0.717) is 5.56 Å². The lowest BCUT2D eigenvalue weighted by Gasteiger charge is -2.42. The molecule has 3 heteroatoms. The molecule has 0 radical (unpaired) electrons. The minimum absolute atomic E-state index is 0.155. The van der Waals surface area contributed by atoms with Gasteiger partial charge in [-0.05, 0) is 45.3 Å². The quantitative estimate of drug-likeness (QED) is 0.911. The van der Waals surface area contributed by atoms with E-state index in [4.69, 9.17) is 5.73 Å². The Morgan fingerprint density at radius 1 is 1.20 bits per heavy atom. The first kappa shape index (κ1) is 15.5. The van der Waals surface area contributed by atoms with E-state index in [1.165, 1.54) is 31.7 Å². The van der Waals surface area contributed by atoms with E-state index in [2.05, 4.69) is 18.7 Å². The first-order valence-electron chi connectivity index (χ1n) is 7.87.